The molecule has 1 atom stereocenters. The highest BCUT2D eigenvalue weighted by atomic mass is 16.6. The topological polar surface area (TPSA) is 111 Å². The quantitative estimate of drug-likeness (QED) is 0.465. The third-order valence-electron chi connectivity index (χ3n) is 2.68. The Balaban J connectivity index is 2.68. The lowest BCUT2D eigenvalue weighted by molar-refractivity contribution is -0.159. The SMILES string of the molecule is CCOC(=O)C(NC(=O)C1CNC(=O)C1)C(=O)OCC. The van der Waals surface area contributed by atoms with Crippen LogP contribution >= 0.6 is 0 Å². The zero-order valence-corrected chi connectivity index (χ0v) is 11.4. The van der Waals surface area contributed by atoms with Crippen LogP contribution in [-0.4, -0.2) is 49.6 Å². The number of carbonyl (C=O) groups excluding carboxylic acids is 4. The largest absolute Gasteiger partial charge is 0.464 e. The molecule has 1 rings (SSSR count). The molecule has 0 aromatic heterocycles. The average Bonchev–Trinajstić information content (AvgIpc) is 2.83. The maximum atomic E-state index is 11.9. The summed E-state index contributed by atoms with van der Waals surface area (Å²) in [6.07, 6.45) is 0.0319. The van der Waals surface area contributed by atoms with Gasteiger partial charge in [-0.15, -0.1) is 0 Å². The van der Waals surface area contributed by atoms with Gasteiger partial charge in [0.25, 0.3) is 0 Å². The van der Waals surface area contributed by atoms with Gasteiger partial charge in [-0.1, -0.05) is 0 Å². The number of carbonyl (C=O) groups is 4. The summed E-state index contributed by atoms with van der Waals surface area (Å²) in [5.74, 6) is -3.16. The molecule has 1 heterocycles. The first-order chi connectivity index (χ1) is 9.49. The summed E-state index contributed by atoms with van der Waals surface area (Å²) < 4.78 is 9.44. The molecule has 1 aliphatic heterocycles. The molecule has 0 aromatic carbocycles. The van der Waals surface area contributed by atoms with Gasteiger partial charge in [0, 0.05) is 13.0 Å². The number of nitrogens with one attached hydrogen (secondary N) is 2. The number of ether oxygens (including phenoxy) is 2. The molecule has 112 valence electrons. The van der Waals surface area contributed by atoms with E-state index in [1.54, 1.807) is 13.8 Å². The van der Waals surface area contributed by atoms with E-state index >= 15 is 0 Å². The number of rotatable bonds is 6. The highest BCUT2D eigenvalue weighted by Crippen LogP contribution is 2.09. The molecule has 8 nitrogen and oxygen atoms in total. The van der Waals surface area contributed by atoms with E-state index < -0.39 is 29.8 Å². The minimum absolute atomic E-state index is 0.0319. The second-order valence-corrected chi connectivity index (χ2v) is 4.15. The number of esters is 2. The van der Waals surface area contributed by atoms with Crippen molar-refractivity contribution in [2.24, 2.45) is 5.92 Å². The molecule has 0 spiro atoms. The predicted molar refractivity (Wildman–Crippen MR) is 66.3 cm³/mol. The Kier molecular flexibility index (Phi) is 5.95. The fraction of sp³-hybridized carbons (Fsp3) is 0.667. The molecule has 1 fully saturated rings. The first-order valence-corrected chi connectivity index (χ1v) is 6.39. The summed E-state index contributed by atoms with van der Waals surface area (Å²) >= 11 is 0. The van der Waals surface area contributed by atoms with Crippen LogP contribution in [0.15, 0.2) is 0 Å². The average molecular weight is 286 g/mol. The van der Waals surface area contributed by atoms with Crippen LogP contribution in [0.4, 0.5) is 0 Å². The molecule has 0 bridgehead atoms. The molecule has 0 aromatic rings. The summed E-state index contributed by atoms with van der Waals surface area (Å²) in [5, 5.41) is 4.77. The van der Waals surface area contributed by atoms with Crippen molar-refractivity contribution in [3.63, 3.8) is 0 Å². The Bertz CT molecular complexity index is 391. The highest BCUT2D eigenvalue weighted by molar-refractivity contribution is 6.03. The molecular weight excluding hydrogens is 268 g/mol. The molecule has 20 heavy (non-hydrogen) atoms. The van der Waals surface area contributed by atoms with E-state index in [1.165, 1.54) is 0 Å². The fourth-order valence-electron chi connectivity index (χ4n) is 1.72. The normalized spacial score (nSPS) is 17.6. The molecule has 2 N–H and O–H groups in total. The van der Waals surface area contributed by atoms with Crippen molar-refractivity contribution >= 4 is 23.8 Å². The van der Waals surface area contributed by atoms with E-state index in [4.69, 9.17) is 9.47 Å². The van der Waals surface area contributed by atoms with Crippen molar-refractivity contribution in [3.8, 4) is 0 Å². The van der Waals surface area contributed by atoms with E-state index in [0.29, 0.717) is 0 Å². The van der Waals surface area contributed by atoms with E-state index in [2.05, 4.69) is 10.6 Å². The minimum atomic E-state index is -1.50. The van der Waals surface area contributed by atoms with Crippen LogP contribution in [0.1, 0.15) is 20.3 Å². The summed E-state index contributed by atoms with van der Waals surface area (Å²) in [6.45, 7) is 3.51. The van der Waals surface area contributed by atoms with Crippen molar-refractivity contribution in [1.82, 2.24) is 10.6 Å². The Morgan fingerprint density at radius 3 is 2.20 bits per heavy atom. The summed E-state index contributed by atoms with van der Waals surface area (Å²) in [4.78, 5) is 46.2. The standard InChI is InChI=1S/C12H18N2O6/c1-3-19-11(17)9(12(18)20-4-2)14-10(16)7-5-8(15)13-6-7/h7,9H,3-6H2,1-2H3,(H,13,15)(H,14,16). The van der Waals surface area contributed by atoms with Gasteiger partial charge in [-0.25, -0.2) is 9.59 Å². The second-order valence-electron chi connectivity index (χ2n) is 4.15. The molecule has 1 saturated heterocycles. The second kappa shape index (κ2) is 7.46. The van der Waals surface area contributed by atoms with Gasteiger partial charge in [0.2, 0.25) is 17.9 Å². The van der Waals surface area contributed by atoms with Crippen LogP contribution in [0.2, 0.25) is 0 Å². The minimum Gasteiger partial charge on any atom is -0.464 e. The van der Waals surface area contributed by atoms with E-state index in [1.807, 2.05) is 0 Å². The number of hydrogen-bond acceptors (Lipinski definition) is 6. The molecular formula is C12H18N2O6. The third-order valence-corrected chi connectivity index (χ3v) is 2.68. The Hall–Kier alpha value is -2.12. The smallest absolute Gasteiger partial charge is 0.340 e. The van der Waals surface area contributed by atoms with Crippen LogP contribution in [0, 0.1) is 5.92 Å². The number of hydrogen-bond donors (Lipinski definition) is 2. The summed E-state index contributed by atoms with van der Waals surface area (Å²) in [7, 11) is 0. The number of amides is 2. The summed E-state index contributed by atoms with van der Waals surface area (Å²) in [6, 6.07) is -1.50. The van der Waals surface area contributed by atoms with E-state index in [9.17, 15) is 19.2 Å². The van der Waals surface area contributed by atoms with Crippen LogP contribution in [-0.2, 0) is 28.7 Å². The van der Waals surface area contributed by atoms with Crippen molar-refractivity contribution < 1.29 is 28.7 Å². The fourth-order valence-corrected chi connectivity index (χ4v) is 1.72. The van der Waals surface area contributed by atoms with Gasteiger partial charge in [-0.2, -0.15) is 0 Å². The lowest BCUT2D eigenvalue weighted by Gasteiger charge is -2.17. The first-order valence-electron chi connectivity index (χ1n) is 6.39. The van der Waals surface area contributed by atoms with Gasteiger partial charge < -0.3 is 20.1 Å². The molecule has 0 saturated carbocycles. The zero-order valence-electron chi connectivity index (χ0n) is 11.4. The van der Waals surface area contributed by atoms with Gasteiger partial charge in [-0.05, 0) is 13.8 Å². The van der Waals surface area contributed by atoms with E-state index in [0.717, 1.165) is 0 Å². The van der Waals surface area contributed by atoms with Crippen molar-refractivity contribution in [1.29, 1.82) is 0 Å². The molecule has 0 aliphatic carbocycles. The van der Waals surface area contributed by atoms with Gasteiger partial charge in [0.05, 0.1) is 19.1 Å². The first kappa shape index (κ1) is 15.9. The maximum Gasteiger partial charge on any atom is 0.340 e. The Morgan fingerprint density at radius 1 is 1.25 bits per heavy atom. The van der Waals surface area contributed by atoms with Gasteiger partial charge in [0.15, 0.2) is 0 Å². The van der Waals surface area contributed by atoms with Crippen LogP contribution in [0.5, 0.6) is 0 Å². The highest BCUT2D eigenvalue weighted by Gasteiger charge is 2.35. The molecule has 1 unspecified atom stereocenters. The van der Waals surface area contributed by atoms with Gasteiger partial charge in [-0.3, -0.25) is 9.59 Å². The Morgan fingerprint density at radius 2 is 1.80 bits per heavy atom. The lowest BCUT2D eigenvalue weighted by atomic mass is 10.1. The van der Waals surface area contributed by atoms with Crippen LogP contribution in [0.25, 0.3) is 0 Å². The van der Waals surface area contributed by atoms with Crippen molar-refractivity contribution in [2.75, 3.05) is 19.8 Å². The van der Waals surface area contributed by atoms with Crippen molar-refractivity contribution in [2.45, 2.75) is 26.3 Å². The van der Waals surface area contributed by atoms with E-state index in [-0.39, 0.29) is 32.1 Å². The zero-order chi connectivity index (χ0) is 15.1. The van der Waals surface area contributed by atoms with Gasteiger partial charge >= 0.3 is 11.9 Å². The predicted octanol–water partition coefficient (Wildman–Crippen LogP) is -1.27. The summed E-state index contributed by atoms with van der Waals surface area (Å²) in [5.41, 5.74) is 0. The Labute approximate surface area is 116 Å². The maximum absolute atomic E-state index is 11.9. The van der Waals surface area contributed by atoms with Crippen LogP contribution in [0.3, 0.4) is 0 Å². The van der Waals surface area contributed by atoms with Crippen molar-refractivity contribution in [3.05, 3.63) is 0 Å². The lowest BCUT2D eigenvalue weighted by Crippen LogP contribution is -2.50. The molecule has 1 aliphatic rings. The monoisotopic (exact) mass is 286 g/mol. The van der Waals surface area contributed by atoms with Gasteiger partial charge in [0.1, 0.15) is 0 Å². The van der Waals surface area contributed by atoms with Crippen LogP contribution < -0.4 is 10.6 Å². The molecule has 2 amide bonds. The third kappa shape index (κ3) is 4.22. The molecule has 8 heteroatoms. The molecule has 0 radical (unpaired) electrons.